The number of carboxylic acid groups (broad SMARTS) is 1. The molecule has 1 unspecified atom stereocenters. The molecule has 0 heterocycles. The molecule has 0 amide bonds. The Kier molecular flexibility index (Phi) is 2.43. The highest BCUT2D eigenvalue weighted by Crippen LogP contribution is 2.04. The molecule has 0 aromatic rings. The van der Waals surface area contributed by atoms with Crippen molar-refractivity contribution in [1.29, 1.82) is 0 Å². The fraction of sp³-hybridized carbons (Fsp3) is 0.833. The first-order valence-corrected chi connectivity index (χ1v) is 2.68. The summed E-state index contributed by atoms with van der Waals surface area (Å²) in [5.74, 6) is -0.857. The maximum Gasteiger partial charge on any atom is 0.303 e. The van der Waals surface area contributed by atoms with Gasteiger partial charge in [-0.25, -0.2) is 0 Å². The number of rotatable bonds is 3. The monoisotopic (exact) mass is 117 g/mol. The Hall–Kier alpha value is -0.530. The molecule has 0 rings (SSSR count). The van der Waals surface area contributed by atoms with E-state index in [-0.39, 0.29) is 18.7 Å². The Bertz CT molecular complexity index is 101. The summed E-state index contributed by atoms with van der Waals surface area (Å²) in [5.41, 5.74) is 0. The zero-order valence-corrected chi connectivity index (χ0v) is 5.22. The van der Waals surface area contributed by atoms with Crippen molar-refractivity contribution < 1.29 is 11.3 Å². The highest BCUT2D eigenvalue weighted by molar-refractivity contribution is 5.66. The van der Waals surface area contributed by atoms with Crippen LogP contribution in [0.1, 0.15) is 28.0 Å². The minimum atomic E-state index is -0.818. The summed E-state index contributed by atoms with van der Waals surface area (Å²) in [6.45, 7) is 3.47. The van der Waals surface area contributed by atoms with E-state index in [9.17, 15) is 4.79 Å². The molecule has 0 aliphatic rings. The lowest BCUT2D eigenvalue weighted by Gasteiger charge is -2.00. The van der Waals surface area contributed by atoms with E-state index in [4.69, 9.17) is 6.48 Å². The van der Waals surface area contributed by atoms with Crippen molar-refractivity contribution in [2.45, 2.75) is 26.7 Å². The van der Waals surface area contributed by atoms with Crippen molar-refractivity contribution in [2.24, 2.45) is 5.92 Å². The molecule has 1 N–H and O–H groups in total. The van der Waals surface area contributed by atoms with E-state index in [0.717, 1.165) is 0 Å². The highest BCUT2D eigenvalue weighted by atomic mass is 16.4. The molecule has 2 heteroatoms. The van der Waals surface area contributed by atoms with Crippen LogP contribution < -0.4 is 0 Å². The van der Waals surface area contributed by atoms with Crippen LogP contribution in [0.15, 0.2) is 0 Å². The van der Waals surface area contributed by atoms with Crippen molar-refractivity contribution in [1.82, 2.24) is 0 Å². The molecule has 2 atom stereocenters. The zero-order valence-electron chi connectivity index (χ0n) is 6.22. The number of hydrogen-bond donors (Lipinski definition) is 1. The van der Waals surface area contributed by atoms with E-state index < -0.39 is 5.97 Å². The van der Waals surface area contributed by atoms with E-state index in [1.165, 1.54) is 0 Å². The lowest BCUT2D eigenvalue weighted by molar-refractivity contribution is -0.137. The van der Waals surface area contributed by atoms with Gasteiger partial charge in [-0.15, -0.1) is 0 Å². The molecule has 0 fully saturated rings. The predicted molar refractivity (Wildman–Crippen MR) is 31.7 cm³/mol. The molecule has 0 saturated carbocycles. The molecule has 2 nitrogen and oxygen atoms in total. The van der Waals surface area contributed by atoms with Crippen molar-refractivity contribution in [3.05, 3.63) is 0 Å². The summed E-state index contributed by atoms with van der Waals surface area (Å²) >= 11 is 0. The molecule has 0 aromatic heterocycles. The minimum absolute atomic E-state index is 0.0394. The van der Waals surface area contributed by atoms with Crippen molar-refractivity contribution in [3.8, 4) is 0 Å². The molecular weight excluding hydrogens is 104 g/mol. The van der Waals surface area contributed by atoms with Crippen LogP contribution >= 0.6 is 0 Å². The standard InChI is InChI=1S/C6H12O2/c1-3-5(2)4-6(7)8/h5H,3-4H2,1-2H3,(H,7,8)/t5-/m1/s1/i3D/t3?,5-. The molecule has 0 aliphatic carbocycles. The molecule has 0 saturated heterocycles. The summed E-state index contributed by atoms with van der Waals surface area (Å²) in [6.07, 6.45) is -0.175. The Labute approximate surface area is 50.9 Å². The van der Waals surface area contributed by atoms with Gasteiger partial charge in [-0.1, -0.05) is 20.2 Å². The fourth-order valence-corrected chi connectivity index (χ4v) is 0.393. The Morgan fingerprint density at radius 2 is 2.50 bits per heavy atom. The van der Waals surface area contributed by atoms with Crippen LogP contribution in [0.4, 0.5) is 0 Å². The predicted octanol–water partition coefficient (Wildman–Crippen LogP) is 1.51. The van der Waals surface area contributed by atoms with Crippen LogP contribution in [0.25, 0.3) is 0 Å². The van der Waals surface area contributed by atoms with Crippen LogP contribution in [0.3, 0.4) is 0 Å². The van der Waals surface area contributed by atoms with E-state index in [1.54, 1.807) is 13.8 Å². The normalized spacial score (nSPS) is 19.0. The molecular formula is C6H12O2. The summed E-state index contributed by atoms with van der Waals surface area (Å²) in [6, 6.07) is 0. The maximum atomic E-state index is 10.0. The van der Waals surface area contributed by atoms with Crippen molar-refractivity contribution >= 4 is 5.97 Å². The third-order valence-corrected chi connectivity index (χ3v) is 1.07. The molecule has 0 radical (unpaired) electrons. The van der Waals surface area contributed by atoms with Gasteiger partial charge in [0.25, 0.3) is 0 Å². The third kappa shape index (κ3) is 3.65. The van der Waals surface area contributed by atoms with Crippen LogP contribution in [-0.2, 0) is 4.79 Å². The van der Waals surface area contributed by atoms with Gasteiger partial charge in [0.15, 0.2) is 0 Å². The quantitative estimate of drug-likeness (QED) is 0.608. The summed E-state index contributed by atoms with van der Waals surface area (Å²) < 4.78 is 7.11. The zero-order chi connectivity index (χ0) is 7.44. The number of hydrogen-bond acceptors (Lipinski definition) is 1. The number of aliphatic carboxylic acids is 1. The highest BCUT2D eigenvalue weighted by Gasteiger charge is 2.02. The first-order valence-electron chi connectivity index (χ1n) is 3.25. The third-order valence-electron chi connectivity index (χ3n) is 1.07. The average Bonchev–Trinajstić information content (AvgIpc) is 1.63. The lowest BCUT2D eigenvalue weighted by atomic mass is 10.1. The van der Waals surface area contributed by atoms with Crippen LogP contribution in [-0.4, -0.2) is 11.1 Å². The second-order valence-corrected chi connectivity index (χ2v) is 1.91. The van der Waals surface area contributed by atoms with Crippen molar-refractivity contribution in [2.75, 3.05) is 0 Å². The Morgan fingerprint density at radius 1 is 2.00 bits per heavy atom. The first kappa shape index (κ1) is 5.60. The molecule has 0 aromatic carbocycles. The lowest BCUT2D eigenvalue weighted by Crippen LogP contribution is -2.02. The van der Waals surface area contributed by atoms with Crippen molar-refractivity contribution in [3.63, 3.8) is 0 Å². The maximum absolute atomic E-state index is 10.0. The summed E-state index contributed by atoms with van der Waals surface area (Å²) in [5, 5.41) is 8.25. The van der Waals surface area contributed by atoms with E-state index in [1.807, 2.05) is 0 Å². The second-order valence-electron chi connectivity index (χ2n) is 1.91. The topological polar surface area (TPSA) is 37.3 Å². The fourth-order valence-electron chi connectivity index (χ4n) is 0.393. The second kappa shape index (κ2) is 3.47. The van der Waals surface area contributed by atoms with Crippen LogP contribution in [0, 0.1) is 5.92 Å². The van der Waals surface area contributed by atoms with Gasteiger partial charge in [0, 0.05) is 7.79 Å². The van der Waals surface area contributed by atoms with E-state index >= 15 is 0 Å². The largest absolute Gasteiger partial charge is 0.481 e. The number of carboxylic acids is 1. The van der Waals surface area contributed by atoms with Gasteiger partial charge in [0.05, 0.1) is 0 Å². The van der Waals surface area contributed by atoms with Gasteiger partial charge in [0.2, 0.25) is 0 Å². The first-order chi connectivity index (χ1) is 4.04. The smallest absolute Gasteiger partial charge is 0.303 e. The van der Waals surface area contributed by atoms with E-state index in [2.05, 4.69) is 0 Å². The molecule has 0 spiro atoms. The average molecular weight is 117 g/mol. The molecule has 48 valence electrons. The van der Waals surface area contributed by atoms with Gasteiger partial charge in [-0.2, -0.15) is 0 Å². The molecule has 8 heavy (non-hydrogen) atoms. The van der Waals surface area contributed by atoms with Gasteiger partial charge < -0.3 is 5.11 Å². The number of carbonyl (C=O) groups is 1. The molecule has 0 aliphatic heterocycles. The Morgan fingerprint density at radius 3 is 2.62 bits per heavy atom. The minimum Gasteiger partial charge on any atom is -0.481 e. The Balaban J connectivity index is 3.50. The summed E-state index contributed by atoms with van der Waals surface area (Å²) in [7, 11) is 0. The van der Waals surface area contributed by atoms with Crippen LogP contribution in [0.5, 0.6) is 0 Å². The summed E-state index contributed by atoms with van der Waals surface area (Å²) in [4.78, 5) is 10.0. The van der Waals surface area contributed by atoms with E-state index in [0.29, 0.717) is 0 Å². The molecule has 0 bridgehead atoms. The van der Waals surface area contributed by atoms with Gasteiger partial charge in [-0.3, -0.25) is 4.79 Å². The van der Waals surface area contributed by atoms with Gasteiger partial charge >= 0.3 is 5.97 Å². The van der Waals surface area contributed by atoms with Gasteiger partial charge in [0.1, 0.15) is 0 Å². The van der Waals surface area contributed by atoms with Gasteiger partial charge in [-0.05, 0) is 5.92 Å². The van der Waals surface area contributed by atoms with Crippen LogP contribution in [0.2, 0.25) is 0 Å². The SMILES string of the molecule is [2H]C(C)[C@@H](C)CC(=O)O.